The highest BCUT2D eigenvalue weighted by atomic mass is 32.2. The second-order valence-corrected chi connectivity index (χ2v) is 4.94. The topological polar surface area (TPSA) is 64.9 Å². The fourth-order valence-corrected chi connectivity index (χ4v) is 1.98. The van der Waals surface area contributed by atoms with Crippen molar-refractivity contribution in [1.29, 1.82) is 0 Å². The lowest BCUT2D eigenvalue weighted by molar-refractivity contribution is 0.372. The van der Waals surface area contributed by atoms with Crippen LogP contribution >= 0.6 is 11.8 Å². The van der Waals surface area contributed by atoms with Crippen LogP contribution in [0.3, 0.4) is 0 Å². The molecule has 0 atom stereocenters. The van der Waals surface area contributed by atoms with Crippen LogP contribution in [0.1, 0.15) is 32.0 Å². The van der Waals surface area contributed by atoms with Gasteiger partial charge in [-0.2, -0.15) is 16.7 Å². The predicted molar refractivity (Wildman–Crippen MR) is 62.7 cm³/mol. The van der Waals surface area contributed by atoms with E-state index < -0.39 is 0 Å². The highest BCUT2D eigenvalue weighted by Crippen LogP contribution is 2.13. The summed E-state index contributed by atoms with van der Waals surface area (Å²) in [6.07, 6.45) is 1.69. The monoisotopic (exact) mass is 229 g/mol. The molecule has 15 heavy (non-hydrogen) atoms. The van der Waals surface area contributed by atoms with E-state index in [0.29, 0.717) is 18.4 Å². The van der Waals surface area contributed by atoms with Crippen LogP contribution in [0.4, 0.5) is 0 Å². The Morgan fingerprint density at radius 2 is 2.27 bits per heavy atom. The molecular formula is C10H19N3OS. The van der Waals surface area contributed by atoms with Gasteiger partial charge in [-0.15, -0.1) is 0 Å². The van der Waals surface area contributed by atoms with Crippen LogP contribution < -0.4 is 5.73 Å². The Kier molecular flexibility index (Phi) is 5.71. The summed E-state index contributed by atoms with van der Waals surface area (Å²) in [4.78, 5) is 4.29. The standard InChI is InChI=1S/C10H19N3OS/c1-8(2)6-15-7-9-12-10(14-13-9)4-3-5-11/h8H,3-7,11H2,1-2H3. The quantitative estimate of drug-likeness (QED) is 0.773. The highest BCUT2D eigenvalue weighted by molar-refractivity contribution is 7.98. The van der Waals surface area contributed by atoms with Crippen molar-refractivity contribution in [1.82, 2.24) is 10.1 Å². The van der Waals surface area contributed by atoms with Gasteiger partial charge in [-0.25, -0.2) is 0 Å². The molecule has 1 rings (SSSR count). The summed E-state index contributed by atoms with van der Waals surface area (Å²) in [6.45, 7) is 5.08. The minimum absolute atomic E-state index is 0.666. The first-order valence-corrected chi connectivity index (χ1v) is 6.47. The maximum absolute atomic E-state index is 5.40. The first-order valence-electron chi connectivity index (χ1n) is 5.31. The van der Waals surface area contributed by atoms with Gasteiger partial charge in [0.15, 0.2) is 5.82 Å². The predicted octanol–water partition coefficient (Wildman–Crippen LogP) is 1.85. The Hall–Kier alpha value is -0.550. The van der Waals surface area contributed by atoms with Crippen molar-refractivity contribution in [2.24, 2.45) is 11.7 Å². The molecule has 5 heteroatoms. The molecule has 1 aromatic heterocycles. The van der Waals surface area contributed by atoms with Crippen molar-refractivity contribution in [3.8, 4) is 0 Å². The van der Waals surface area contributed by atoms with Crippen molar-refractivity contribution in [3.63, 3.8) is 0 Å². The second-order valence-electron chi connectivity index (χ2n) is 3.91. The van der Waals surface area contributed by atoms with E-state index in [-0.39, 0.29) is 0 Å². The van der Waals surface area contributed by atoms with E-state index in [1.807, 2.05) is 11.8 Å². The van der Waals surface area contributed by atoms with Crippen molar-refractivity contribution in [3.05, 3.63) is 11.7 Å². The fourth-order valence-electron chi connectivity index (χ4n) is 1.09. The Morgan fingerprint density at radius 1 is 1.47 bits per heavy atom. The summed E-state index contributed by atoms with van der Waals surface area (Å²) < 4.78 is 5.09. The van der Waals surface area contributed by atoms with E-state index in [0.717, 1.165) is 30.2 Å². The molecule has 0 spiro atoms. The molecule has 0 radical (unpaired) electrons. The summed E-state index contributed by atoms with van der Waals surface area (Å²) >= 11 is 1.84. The molecule has 0 aromatic carbocycles. The third kappa shape index (κ3) is 5.18. The minimum Gasteiger partial charge on any atom is -0.339 e. The molecule has 86 valence electrons. The Bertz CT molecular complexity index is 275. The molecule has 0 aliphatic rings. The van der Waals surface area contributed by atoms with Gasteiger partial charge in [-0.1, -0.05) is 19.0 Å². The molecule has 2 N–H and O–H groups in total. The average Bonchev–Trinajstić information content (AvgIpc) is 2.62. The van der Waals surface area contributed by atoms with Gasteiger partial charge in [0.2, 0.25) is 5.89 Å². The Labute approximate surface area is 95.0 Å². The van der Waals surface area contributed by atoms with Gasteiger partial charge in [0.1, 0.15) is 0 Å². The summed E-state index contributed by atoms with van der Waals surface area (Å²) in [5.74, 6) is 4.18. The zero-order valence-electron chi connectivity index (χ0n) is 9.40. The SMILES string of the molecule is CC(C)CSCc1noc(CCCN)n1. The van der Waals surface area contributed by atoms with Gasteiger partial charge < -0.3 is 10.3 Å². The van der Waals surface area contributed by atoms with Crippen LogP contribution in [-0.2, 0) is 12.2 Å². The molecule has 1 heterocycles. The van der Waals surface area contributed by atoms with E-state index in [2.05, 4.69) is 24.0 Å². The van der Waals surface area contributed by atoms with Gasteiger partial charge in [0, 0.05) is 6.42 Å². The summed E-state index contributed by atoms with van der Waals surface area (Å²) in [5, 5.41) is 3.92. The molecule has 0 aliphatic carbocycles. The zero-order chi connectivity index (χ0) is 11.1. The number of aryl methyl sites for hydroxylation is 1. The molecule has 0 saturated heterocycles. The van der Waals surface area contributed by atoms with Gasteiger partial charge in [-0.05, 0) is 24.6 Å². The minimum atomic E-state index is 0.666. The highest BCUT2D eigenvalue weighted by Gasteiger charge is 2.05. The van der Waals surface area contributed by atoms with Gasteiger partial charge in [-0.3, -0.25) is 0 Å². The molecule has 0 fully saturated rings. The van der Waals surface area contributed by atoms with Crippen molar-refractivity contribution >= 4 is 11.8 Å². The number of nitrogens with zero attached hydrogens (tertiary/aromatic N) is 2. The second kappa shape index (κ2) is 6.85. The van der Waals surface area contributed by atoms with Crippen molar-refractivity contribution < 1.29 is 4.52 Å². The van der Waals surface area contributed by atoms with E-state index in [1.54, 1.807) is 0 Å². The zero-order valence-corrected chi connectivity index (χ0v) is 10.2. The smallest absolute Gasteiger partial charge is 0.226 e. The largest absolute Gasteiger partial charge is 0.339 e. The third-order valence-electron chi connectivity index (χ3n) is 1.79. The number of hydrogen-bond donors (Lipinski definition) is 1. The lowest BCUT2D eigenvalue weighted by atomic mass is 10.3. The van der Waals surface area contributed by atoms with Crippen molar-refractivity contribution in [2.45, 2.75) is 32.4 Å². The molecule has 1 aromatic rings. The third-order valence-corrected chi connectivity index (χ3v) is 3.15. The van der Waals surface area contributed by atoms with E-state index >= 15 is 0 Å². The van der Waals surface area contributed by atoms with Gasteiger partial charge in [0.25, 0.3) is 0 Å². The summed E-state index contributed by atoms with van der Waals surface area (Å²) in [5.41, 5.74) is 5.40. The van der Waals surface area contributed by atoms with Gasteiger partial charge in [0.05, 0.1) is 5.75 Å². The van der Waals surface area contributed by atoms with Crippen LogP contribution in [0.25, 0.3) is 0 Å². The molecule has 4 nitrogen and oxygen atoms in total. The van der Waals surface area contributed by atoms with Crippen molar-refractivity contribution in [2.75, 3.05) is 12.3 Å². The number of thioether (sulfide) groups is 1. The van der Waals surface area contributed by atoms with Crippen LogP contribution in [0.5, 0.6) is 0 Å². The molecule has 0 unspecified atom stereocenters. The summed E-state index contributed by atoms with van der Waals surface area (Å²) in [7, 11) is 0. The van der Waals surface area contributed by atoms with E-state index in [9.17, 15) is 0 Å². The lowest BCUT2D eigenvalue weighted by Gasteiger charge is -2.00. The number of aromatic nitrogens is 2. The van der Waals surface area contributed by atoms with Crippen LogP contribution in [0, 0.1) is 5.92 Å². The maximum Gasteiger partial charge on any atom is 0.226 e. The number of hydrogen-bond acceptors (Lipinski definition) is 5. The Morgan fingerprint density at radius 3 is 2.93 bits per heavy atom. The van der Waals surface area contributed by atoms with E-state index in [4.69, 9.17) is 10.3 Å². The molecule has 0 bridgehead atoms. The number of nitrogens with two attached hydrogens (primary N) is 1. The number of rotatable bonds is 7. The first-order chi connectivity index (χ1) is 7.22. The molecular weight excluding hydrogens is 210 g/mol. The fraction of sp³-hybridized carbons (Fsp3) is 0.800. The first kappa shape index (κ1) is 12.5. The molecule has 0 amide bonds. The van der Waals surface area contributed by atoms with Crippen LogP contribution in [0.2, 0.25) is 0 Å². The Balaban J connectivity index is 2.26. The molecule has 0 saturated carbocycles. The maximum atomic E-state index is 5.40. The van der Waals surface area contributed by atoms with Gasteiger partial charge >= 0.3 is 0 Å². The van der Waals surface area contributed by atoms with E-state index in [1.165, 1.54) is 0 Å². The van der Waals surface area contributed by atoms with Crippen LogP contribution in [-0.4, -0.2) is 22.4 Å². The lowest BCUT2D eigenvalue weighted by Crippen LogP contribution is -2.00. The average molecular weight is 229 g/mol. The normalized spacial score (nSPS) is 11.2. The molecule has 0 aliphatic heterocycles. The summed E-state index contributed by atoms with van der Waals surface area (Å²) in [6, 6.07) is 0. The van der Waals surface area contributed by atoms with Crippen LogP contribution in [0.15, 0.2) is 4.52 Å².